The quantitative estimate of drug-likeness (QED) is 0.309. The molecule has 0 saturated heterocycles. The SMILES string of the molecule is COCCOCOc1c(/C=C/C=C/C(=O)O)cccc1OC. The molecule has 0 aliphatic carbocycles. The third kappa shape index (κ3) is 6.43. The van der Waals surface area contributed by atoms with E-state index >= 15 is 0 Å². The van der Waals surface area contributed by atoms with Crippen LogP contribution in [0.2, 0.25) is 0 Å². The molecule has 22 heavy (non-hydrogen) atoms. The fourth-order valence-electron chi connectivity index (χ4n) is 1.58. The second-order valence-corrected chi connectivity index (χ2v) is 4.10. The number of rotatable bonds is 10. The van der Waals surface area contributed by atoms with E-state index < -0.39 is 5.97 Å². The maximum Gasteiger partial charge on any atom is 0.328 e. The molecule has 0 atom stereocenters. The van der Waals surface area contributed by atoms with Crippen molar-refractivity contribution in [2.75, 3.05) is 34.2 Å². The van der Waals surface area contributed by atoms with Gasteiger partial charge in [-0.15, -0.1) is 0 Å². The summed E-state index contributed by atoms with van der Waals surface area (Å²) in [6.45, 7) is 0.982. The summed E-state index contributed by atoms with van der Waals surface area (Å²) < 4.78 is 21.0. The van der Waals surface area contributed by atoms with E-state index in [1.54, 1.807) is 32.4 Å². The number of carbonyl (C=O) groups is 1. The maximum atomic E-state index is 10.4. The summed E-state index contributed by atoms with van der Waals surface area (Å²) in [5.74, 6) is 0.0976. The molecule has 1 N–H and O–H groups in total. The Morgan fingerprint density at radius 1 is 1.23 bits per heavy atom. The van der Waals surface area contributed by atoms with E-state index in [4.69, 9.17) is 24.1 Å². The first-order valence-corrected chi connectivity index (χ1v) is 6.63. The standard InChI is InChI=1S/C16H20O6/c1-19-10-11-21-12-22-16-13(6-3-4-9-15(17)18)7-5-8-14(16)20-2/h3-9H,10-12H2,1-2H3,(H,17,18)/b6-3+,9-4+. The molecule has 6 heteroatoms. The van der Waals surface area contributed by atoms with Gasteiger partial charge >= 0.3 is 5.97 Å². The topological polar surface area (TPSA) is 74.2 Å². The highest BCUT2D eigenvalue weighted by molar-refractivity contribution is 5.80. The lowest BCUT2D eigenvalue weighted by Gasteiger charge is -2.13. The molecule has 0 amide bonds. The van der Waals surface area contributed by atoms with Crippen LogP contribution in [0.3, 0.4) is 0 Å². The van der Waals surface area contributed by atoms with Gasteiger partial charge in [0.05, 0.1) is 20.3 Å². The van der Waals surface area contributed by atoms with Gasteiger partial charge in [0.1, 0.15) is 0 Å². The fourth-order valence-corrected chi connectivity index (χ4v) is 1.58. The van der Waals surface area contributed by atoms with Crippen LogP contribution in [0.25, 0.3) is 6.08 Å². The molecule has 1 aromatic rings. The minimum atomic E-state index is -1.00. The molecule has 0 saturated carbocycles. The van der Waals surface area contributed by atoms with Crippen molar-refractivity contribution in [1.82, 2.24) is 0 Å². The van der Waals surface area contributed by atoms with Crippen LogP contribution < -0.4 is 9.47 Å². The van der Waals surface area contributed by atoms with Crippen molar-refractivity contribution in [2.45, 2.75) is 0 Å². The number of hydrogen-bond acceptors (Lipinski definition) is 5. The molecule has 120 valence electrons. The number of allylic oxidation sites excluding steroid dienone is 2. The number of benzene rings is 1. The molecule has 0 aliphatic rings. The maximum absolute atomic E-state index is 10.4. The van der Waals surface area contributed by atoms with Crippen LogP contribution in [-0.4, -0.2) is 45.3 Å². The lowest BCUT2D eigenvalue weighted by molar-refractivity contribution is -0.131. The first-order valence-electron chi connectivity index (χ1n) is 6.63. The van der Waals surface area contributed by atoms with Gasteiger partial charge in [-0.1, -0.05) is 30.4 Å². The Morgan fingerprint density at radius 3 is 2.73 bits per heavy atom. The van der Waals surface area contributed by atoms with Gasteiger partial charge in [0.15, 0.2) is 18.3 Å². The molecule has 6 nitrogen and oxygen atoms in total. The summed E-state index contributed by atoms with van der Waals surface area (Å²) in [6, 6.07) is 5.42. The molecule has 0 fully saturated rings. The molecule has 1 aromatic carbocycles. The number of hydrogen-bond donors (Lipinski definition) is 1. The van der Waals surface area contributed by atoms with Gasteiger partial charge in [-0.2, -0.15) is 0 Å². The Morgan fingerprint density at radius 2 is 2.05 bits per heavy atom. The van der Waals surface area contributed by atoms with Crippen LogP contribution in [0.4, 0.5) is 0 Å². The average molecular weight is 308 g/mol. The molecule has 1 rings (SSSR count). The number of carboxylic acid groups (broad SMARTS) is 1. The van der Waals surface area contributed by atoms with E-state index in [0.29, 0.717) is 24.7 Å². The van der Waals surface area contributed by atoms with Gasteiger partial charge in [-0.25, -0.2) is 4.79 Å². The second kappa shape index (κ2) is 10.4. The highest BCUT2D eigenvalue weighted by Crippen LogP contribution is 2.32. The molecular weight excluding hydrogens is 288 g/mol. The van der Waals surface area contributed by atoms with Crippen molar-refractivity contribution in [3.8, 4) is 11.5 Å². The van der Waals surface area contributed by atoms with E-state index in [9.17, 15) is 4.79 Å². The minimum absolute atomic E-state index is 0.0650. The third-order valence-corrected chi connectivity index (χ3v) is 2.57. The smallest absolute Gasteiger partial charge is 0.328 e. The van der Waals surface area contributed by atoms with E-state index in [0.717, 1.165) is 11.6 Å². The van der Waals surface area contributed by atoms with Gasteiger partial charge < -0.3 is 24.1 Å². The summed E-state index contributed by atoms with van der Waals surface area (Å²) in [7, 11) is 3.14. The Labute approximate surface area is 129 Å². The summed E-state index contributed by atoms with van der Waals surface area (Å²) in [6.07, 6.45) is 5.82. The van der Waals surface area contributed by atoms with E-state index in [1.165, 1.54) is 6.08 Å². The summed E-state index contributed by atoms with van der Waals surface area (Å²) in [5, 5.41) is 8.54. The van der Waals surface area contributed by atoms with Gasteiger partial charge in [0.25, 0.3) is 0 Å². The molecular formula is C16H20O6. The highest BCUT2D eigenvalue weighted by atomic mass is 16.7. The van der Waals surface area contributed by atoms with Crippen LogP contribution in [-0.2, 0) is 14.3 Å². The van der Waals surface area contributed by atoms with Crippen molar-refractivity contribution in [3.63, 3.8) is 0 Å². The molecule has 0 bridgehead atoms. The normalized spacial score (nSPS) is 11.2. The molecule has 0 aliphatic heterocycles. The van der Waals surface area contributed by atoms with Gasteiger partial charge in [-0.3, -0.25) is 0 Å². The lowest BCUT2D eigenvalue weighted by Crippen LogP contribution is -2.09. The largest absolute Gasteiger partial charge is 0.493 e. The van der Waals surface area contributed by atoms with E-state index in [1.807, 2.05) is 12.1 Å². The second-order valence-electron chi connectivity index (χ2n) is 4.10. The van der Waals surface area contributed by atoms with Gasteiger partial charge in [-0.05, 0) is 6.07 Å². The molecule has 0 heterocycles. The Bertz CT molecular complexity index is 521. The van der Waals surface area contributed by atoms with Crippen molar-refractivity contribution < 1.29 is 28.8 Å². The third-order valence-electron chi connectivity index (χ3n) is 2.57. The summed E-state index contributed by atoms with van der Waals surface area (Å²) in [4.78, 5) is 10.4. The van der Waals surface area contributed by atoms with Crippen LogP contribution in [0.15, 0.2) is 36.4 Å². The van der Waals surface area contributed by atoms with Crippen LogP contribution in [0.5, 0.6) is 11.5 Å². The zero-order valence-corrected chi connectivity index (χ0v) is 12.7. The zero-order valence-electron chi connectivity index (χ0n) is 12.7. The number of aliphatic carboxylic acids is 1. The average Bonchev–Trinajstić information content (AvgIpc) is 2.51. The number of ether oxygens (including phenoxy) is 4. The molecule has 0 unspecified atom stereocenters. The van der Waals surface area contributed by atoms with Crippen molar-refractivity contribution in [3.05, 3.63) is 42.0 Å². The first kappa shape index (κ1) is 17.7. The minimum Gasteiger partial charge on any atom is -0.493 e. The number of carboxylic acids is 1. The fraction of sp³-hybridized carbons (Fsp3) is 0.312. The summed E-state index contributed by atoms with van der Waals surface area (Å²) >= 11 is 0. The Kier molecular flexibility index (Phi) is 8.40. The Hall–Kier alpha value is -2.31. The van der Waals surface area contributed by atoms with Crippen molar-refractivity contribution in [2.24, 2.45) is 0 Å². The monoisotopic (exact) mass is 308 g/mol. The number of para-hydroxylation sites is 1. The predicted molar refractivity (Wildman–Crippen MR) is 82.1 cm³/mol. The number of methoxy groups -OCH3 is 2. The highest BCUT2D eigenvalue weighted by Gasteiger charge is 2.08. The first-order chi connectivity index (χ1) is 10.7. The van der Waals surface area contributed by atoms with Crippen LogP contribution in [0.1, 0.15) is 5.56 Å². The molecule has 0 spiro atoms. The lowest BCUT2D eigenvalue weighted by atomic mass is 10.1. The van der Waals surface area contributed by atoms with Gasteiger partial charge in [0, 0.05) is 18.7 Å². The van der Waals surface area contributed by atoms with Crippen LogP contribution >= 0.6 is 0 Å². The Balaban J connectivity index is 2.76. The zero-order chi connectivity index (χ0) is 16.2. The predicted octanol–water partition coefficient (Wildman–Crippen LogP) is 2.35. The van der Waals surface area contributed by atoms with E-state index in [-0.39, 0.29) is 6.79 Å². The molecule has 0 aromatic heterocycles. The molecule has 0 radical (unpaired) electrons. The van der Waals surface area contributed by atoms with Crippen molar-refractivity contribution in [1.29, 1.82) is 0 Å². The van der Waals surface area contributed by atoms with Gasteiger partial charge in [0.2, 0.25) is 0 Å². The summed E-state index contributed by atoms with van der Waals surface area (Å²) in [5.41, 5.74) is 0.754. The van der Waals surface area contributed by atoms with Crippen LogP contribution in [0, 0.1) is 0 Å². The van der Waals surface area contributed by atoms with Crippen molar-refractivity contribution >= 4 is 12.0 Å². The van der Waals surface area contributed by atoms with E-state index in [2.05, 4.69) is 0 Å².